The highest BCUT2D eigenvalue weighted by atomic mass is 32.2. The summed E-state index contributed by atoms with van der Waals surface area (Å²) in [5.41, 5.74) is 8.64. The fraction of sp³-hybridized carbons (Fsp3) is 0.526. The molecule has 0 saturated carbocycles. The van der Waals surface area contributed by atoms with Crippen LogP contribution in [0.15, 0.2) is 27.7 Å². The monoisotopic (exact) mass is 392 g/mol. The number of carbonyl (C=O) groups is 1. The molecule has 0 fully saturated rings. The zero-order chi connectivity index (χ0) is 20.6. The molecule has 0 spiro atoms. The lowest BCUT2D eigenvalue weighted by molar-refractivity contribution is -0.746. The van der Waals surface area contributed by atoms with Crippen LogP contribution < -0.4 is 9.80 Å². The Morgan fingerprint density at radius 3 is 2.15 bits per heavy atom. The van der Waals surface area contributed by atoms with Gasteiger partial charge in [-0.05, 0) is 23.0 Å². The third kappa shape index (κ3) is 4.94. The molecule has 7 nitrogen and oxygen atoms in total. The van der Waals surface area contributed by atoms with Crippen molar-refractivity contribution in [2.24, 2.45) is 0 Å². The second-order valence-electron chi connectivity index (χ2n) is 8.56. The van der Waals surface area contributed by atoms with Gasteiger partial charge in [0.1, 0.15) is 11.6 Å². The quantitative estimate of drug-likeness (QED) is 0.630. The van der Waals surface area contributed by atoms with Gasteiger partial charge in [0.25, 0.3) is 12.1 Å². The lowest BCUT2D eigenvalue weighted by Crippen LogP contribution is -2.59. The molecule has 0 atom stereocenters. The first-order valence-electron chi connectivity index (χ1n) is 8.68. The number of nitrogens with one attached hydrogen (secondary N) is 1. The van der Waals surface area contributed by atoms with Crippen LogP contribution in [0.1, 0.15) is 52.7 Å². The SMILES string of the molecule is CN(C(=O)CSc1cc(C(C)(C)C)c(O)c(C(C)(C)C)c1)[n+]1cc([NH-])on1. The standard InChI is InChI=1S/C19H28N4O3S/c1-18(2,3)13-8-12(9-14(17(13)25)19(4,5)6)27-11-16(24)22(7)23-10-15(20)26-21-23/h8-10H,11H2,1-7H3,(H2-,20,21,25). The molecular weight excluding hydrogens is 364 g/mol. The molecule has 0 aliphatic rings. The number of thioether (sulfide) groups is 1. The molecule has 0 bridgehead atoms. The minimum absolute atomic E-state index is 0.120. The third-order valence-corrected chi connectivity index (χ3v) is 5.15. The molecule has 0 aliphatic heterocycles. The van der Waals surface area contributed by atoms with Gasteiger partial charge in [0, 0.05) is 16.0 Å². The van der Waals surface area contributed by atoms with E-state index < -0.39 is 0 Å². The second kappa shape index (κ2) is 7.42. The zero-order valence-corrected chi connectivity index (χ0v) is 17.8. The summed E-state index contributed by atoms with van der Waals surface area (Å²) in [5.74, 6) is 0.220. The molecule has 1 aromatic heterocycles. The maximum atomic E-state index is 12.4. The number of nitrogens with zero attached hydrogens (tertiary/aromatic N) is 3. The van der Waals surface area contributed by atoms with Crippen LogP contribution in [-0.4, -0.2) is 29.1 Å². The molecule has 0 aliphatic carbocycles. The van der Waals surface area contributed by atoms with Crippen molar-refractivity contribution in [2.75, 3.05) is 17.8 Å². The van der Waals surface area contributed by atoms with Crippen LogP contribution in [0.2, 0.25) is 0 Å². The number of hydrogen-bond acceptors (Lipinski definition) is 5. The minimum atomic E-state index is -0.220. The molecule has 8 heteroatoms. The number of benzene rings is 1. The van der Waals surface area contributed by atoms with Crippen molar-refractivity contribution in [3.63, 3.8) is 0 Å². The summed E-state index contributed by atoms with van der Waals surface area (Å²) >= 11 is 1.41. The van der Waals surface area contributed by atoms with E-state index in [1.165, 1.54) is 27.8 Å². The Hall–Kier alpha value is -2.22. The van der Waals surface area contributed by atoms with Crippen molar-refractivity contribution in [3.8, 4) is 5.75 Å². The van der Waals surface area contributed by atoms with Crippen LogP contribution in [0.4, 0.5) is 5.88 Å². The number of carbonyl (C=O) groups excluding carboxylic acids is 1. The summed E-state index contributed by atoms with van der Waals surface area (Å²) in [5, 5.41) is 15.7. The predicted octanol–water partition coefficient (Wildman–Crippen LogP) is 3.83. The highest BCUT2D eigenvalue weighted by Crippen LogP contribution is 2.41. The molecule has 1 amide bonds. The van der Waals surface area contributed by atoms with E-state index in [4.69, 9.17) is 5.73 Å². The Bertz CT molecular complexity index is 799. The van der Waals surface area contributed by atoms with Gasteiger partial charge in [-0.2, -0.15) is 0 Å². The van der Waals surface area contributed by atoms with Crippen LogP contribution >= 0.6 is 11.8 Å². The summed E-state index contributed by atoms with van der Waals surface area (Å²) < 4.78 is 4.67. The molecule has 1 heterocycles. The average Bonchev–Trinajstić information content (AvgIpc) is 2.97. The molecule has 0 unspecified atom stereocenters. The summed E-state index contributed by atoms with van der Waals surface area (Å²) in [6, 6.07) is 3.90. The molecule has 2 N–H and O–H groups in total. The van der Waals surface area contributed by atoms with E-state index >= 15 is 0 Å². The lowest BCUT2D eigenvalue weighted by atomic mass is 9.79. The maximum Gasteiger partial charge on any atom is 0.290 e. The van der Waals surface area contributed by atoms with E-state index in [1.807, 2.05) is 12.1 Å². The van der Waals surface area contributed by atoms with Crippen molar-refractivity contribution in [3.05, 3.63) is 35.2 Å². The topological polar surface area (TPSA) is 94.3 Å². The van der Waals surface area contributed by atoms with Gasteiger partial charge in [-0.3, -0.25) is 4.79 Å². The number of hydrogen-bond donors (Lipinski definition) is 1. The number of aromatic nitrogens is 2. The molecule has 27 heavy (non-hydrogen) atoms. The summed E-state index contributed by atoms with van der Waals surface area (Å²) in [6.07, 6.45) is 1.32. The first-order valence-corrected chi connectivity index (χ1v) is 9.67. The van der Waals surface area contributed by atoms with Gasteiger partial charge >= 0.3 is 0 Å². The molecule has 2 aromatic rings. The second-order valence-corrected chi connectivity index (χ2v) is 9.61. The van der Waals surface area contributed by atoms with Crippen molar-refractivity contribution in [2.45, 2.75) is 57.3 Å². The lowest BCUT2D eigenvalue weighted by Gasteiger charge is -2.28. The Morgan fingerprint density at radius 1 is 1.22 bits per heavy atom. The molecule has 0 radical (unpaired) electrons. The molecule has 0 saturated heterocycles. The van der Waals surface area contributed by atoms with Crippen LogP contribution in [0.5, 0.6) is 5.75 Å². The van der Waals surface area contributed by atoms with Crippen LogP contribution in [0.3, 0.4) is 0 Å². The van der Waals surface area contributed by atoms with E-state index in [0.29, 0.717) is 5.75 Å². The van der Waals surface area contributed by atoms with Crippen molar-refractivity contribution in [1.82, 2.24) is 5.27 Å². The maximum absolute atomic E-state index is 12.4. The van der Waals surface area contributed by atoms with Gasteiger partial charge in [-0.1, -0.05) is 46.6 Å². The van der Waals surface area contributed by atoms with E-state index in [0.717, 1.165) is 16.0 Å². The summed E-state index contributed by atoms with van der Waals surface area (Å²) in [7, 11) is 1.57. The normalized spacial score (nSPS) is 12.3. The fourth-order valence-electron chi connectivity index (χ4n) is 2.57. The van der Waals surface area contributed by atoms with Crippen LogP contribution in [-0.2, 0) is 15.6 Å². The highest BCUT2D eigenvalue weighted by molar-refractivity contribution is 8.00. The van der Waals surface area contributed by atoms with Crippen LogP contribution in [0, 0.1) is 0 Å². The van der Waals surface area contributed by atoms with E-state index in [1.54, 1.807) is 7.05 Å². The molecular formula is C19H28N4O3S. The minimum Gasteiger partial charge on any atom is -0.660 e. The average molecular weight is 393 g/mol. The smallest absolute Gasteiger partial charge is 0.290 e. The summed E-state index contributed by atoms with van der Waals surface area (Å²) in [6.45, 7) is 12.3. The Kier molecular flexibility index (Phi) is 5.79. The van der Waals surface area contributed by atoms with E-state index in [-0.39, 0.29) is 28.4 Å². The number of phenols is 1. The molecule has 148 valence electrons. The van der Waals surface area contributed by atoms with Crippen LogP contribution in [0.25, 0.3) is 5.73 Å². The number of amides is 1. The number of rotatable bonds is 4. The fourth-order valence-corrected chi connectivity index (χ4v) is 3.45. The van der Waals surface area contributed by atoms with E-state index in [2.05, 4.69) is 51.3 Å². The Morgan fingerprint density at radius 2 is 1.74 bits per heavy atom. The summed E-state index contributed by atoms with van der Waals surface area (Å²) in [4.78, 5) is 14.6. The first kappa shape index (κ1) is 21.1. The third-order valence-electron chi connectivity index (χ3n) is 4.19. The highest BCUT2D eigenvalue weighted by Gasteiger charge is 2.27. The zero-order valence-electron chi connectivity index (χ0n) is 17.0. The van der Waals surface area contributed by atoms with Crippen molar-refractivity contribution >= 4 is 23.6 Å². The van der Waals surface area contributed by atoms with Crippen molar-refractivity contribution in [1.29, 1.82) is 0 Å². The molecule has 2 rings (SSSR count). The van der Waals surface area contributed by atoms with Gasteiger partial charge in [0.05, 0.1) is 17.6 Å². The first-order chi connectivity index (χ1) is 12.3. The molecule has 1 aromatic carbocycles. The van der Waals surface area contributed by atoms with Gasteiger partial charge < -0.3 is 15.4 Å². The predicted molar refractivity (Wildman–Crippen MR) is 106 cm³/mol. The van der Waals surface area contributed by atoms with Gasteiger partial charge in [-0.15, -0.1) is 11.8 Å². The van der Waals surface area contributed by atoms with Gasteiger partial charge in [0.2, 0.25) is 5.27 Å². The Balaban J connectivity index is 2.26. The van der Waals surface area contributed by atoms with Crippen molar-refractivity contribution < 1.29 is 19.2 Å². The Labute approximate surface area is 164 Å². The number of aromatic hydroxyl groups is 1. The van der Waals surface area contributed by atoms with E-state index in [9.17, 15) is 9.90 Å². The number of phenolic OH excluding ortho intramolecular Hbond substituents is 1. The van der Waals surface area contributed by atoms with Gasteiger partial charge in [-0.25, -0.2) is 0 Å². The van der Waals surface area contributed by atoms with Gasteiger partial charge in [0.15, 0.2) is 0 Å². The largest absolute Gasteiger partial charge is 0.660 e.